The van der Waals surface area contributed by atoms with E-state index in [0.717, 1.165) is 12.1 Å². The van der Waals surface area contributed by atoms with Gasteiger partial charge in [0.2, 0.25) is 0 Å². The van der Waals surface area contributed by atoms with Crippen LogP contribution >= 0.6 is 0 Å². The number of aliphatic carboxylic acids is 1. The lowest BCUT2D eigenvalue weighted by molar-refractivity contribution is -0.133. The van der Waals surface area contributed by atoms with Gasteiger partial charge in [-0.05, 0) is 26.0 Å². The van der Waals surface area contributed by atoms with Crippen molar-refractivity contribution in [1.82, 2.24) is 0 Å². The first-order chi connectivity index (χ1) is 9.23. The average Bonchev–Trinajstić information content (AvgIpc) is 2.36. The van der Waals surface area contributed by atoms with Crippen molar-refractivity contribution in [3.63, 3.8) is 0 Å². The number of rotatable bonds is 4. The van der Waals surface area contributed by atoms with Gasteiger partial charge < -0.3 is 20.6 Å². The molecule has 0 saturated carbocycles. The van der Waals surface area contributed by atoms with Crippen LogP contribution in [0.5, 0.6) is 5.75 Å². The van der Waals surface area contributed by atoms with E-state index in [1.807, 2.05) is 0 Å². The zero-order chi connectivity index (χ0) is 15.4. The fraction of sp³-hybridized carbons (Fsp3) is 0.154. The molecule has 1 aromatic carbocycles. The summed E-state index contributed by atoms with van der Waals surface area (Å²) in [4.78, 5) is 33.2. The van der Waals surface area contributed by atoms with Crippen LogP contribution in [0.2, 0.25) is 0 Å². The summed E-state index contributed by atoms with van der Waals surface area (Å²) < 4.78 is 0. The minimum absolute atomic E-state index is 0.0132. The molecule has 7 heteroatoms. The van der Waals surface area contributed by atoms with Crippen LogP contribution in [0.15, 0.2) is 29.3 Å². The van der Waals surface area contributed by atoms with Gasteiger partial charge in [0.15, 0.2) is 0 Å². The summed E-state index contributed by atoms with van der Waals surface area (Å²) in [6, 6.07) is 3.51. The molecular formula is C13H13NO6. The zero-order valence-electron chi connectivity index (χ0n) is 10.8. The minimum atomic E-state index is -1.29. The molecule has 0 saturated heterocycles. The molecule has 106 valence electrons. The maximum Gasteiger partial charge on any atom is 0.339 e. The molecule has 0 atom stereocenters. The Morgan fingerprint density at radius 2 is 1.65 bits per heavy atom. The van der Waals surface area contributed by atoms with Crippen molar-refractivity contribution in [3.05, 3.63) is 34.9 Å². The van der Waals surface area contributed by atoms with E-state index in [-0.39, 0.29) is 22.4 Å². The third-order valence-corrected chi connectivity index (χ3v) is 2.71. The number of anilines is 1. The Balaban J connectivity index is 2.98. The molecule has 0 bridgehead atoms. The normalized spacial score (nSPS) is 11.5. The molecule has 0 aliphatic heterocycles. The van der Waals surface area contributed by atoms with Gasteiger partial charge >= 0.3 is 11.9 Å². The second-order valence-corrected chi connectivity index (χ2v) is 4.05. The number of hydrogen-bond acceptors (Lipinski definition) is 4. The van der Waals surface area contributed by atoms with Crippen LogP contribution in [0.25, 0.3) is 0 Å². The number of aromatic carboxylic acids is 1. The highest BCUT2D eigenvalue weighted by Gasteiger charge is 2.14. The van der Waals surface area contributed by atoms with Crippen LogP contribution in [0.4, 0.5) is 5.69 Å². The van der Waals surface area contributed by atoms with Crippen LogP contribution in [-0.2, 0) is 9.59 Å². The summed E-state index contributed by atoms with van der Waals surface area (Å²) in [6.07, 6.45) is 0. The van der Waals surface area contributed by atoms with Crippen LogP contribution in [-0.4, -0.2) is 33.2 Å². The van der Waals surface area contributed by atoms with E-state index in [9.17, 15) is 19.5 Å². The predicted molar refractivity (Wildman–Crippen MR) is 69.7 cm³/mol. The summed E-state index contributed by atoms with van der Waals surface area (Å²) in [5, 5.41) is 29.4. The molecule has 0 heterocycles. The first kappa shape index (κ1) is 15.2. The first-order valence-electron chi connectivity index (χ1n) is 5.52. The summed E-state index contributed by atoms with van der Waals surface area (Å²) in [6.45, 7) is 2.65. The molecule has 1 aromatic rings. The van der Waals surface area contributed by atoms with Crippen molar-refractivity contribution >= 4 is 23.5 Å². The van der Waals surface area contributed by atoms with Gasteiger partial charge in [-0.3, -0.25) is 4.79 Å². The number of carbonyl (C=O) groups excluding carboxylic acids is 1. The third kappa shape index (κ3) is 3.35. The highest BCUT2D eigenvalue weighted by Crippen LogP contribution is 2.22. The van der Waals surface area contributed by atoms with Gasteiger partial charge in [-0.2, -0.15) is 0 Å². The van der Waals surface area contributed by atoms with E-state index in [0.29, 0.717) is 0 Å². The van der Waals surface area contributed by atoms with Gasteiger partial charge in [0.05, 0.1) is 0 Å². The number of carboxylic acid groups (broad SMARTS) is 2. The highest BCUT2D eigenvalue weighted by atomic mass is 16.4. The van der Waals surface area contributed by atoms with E-state index in [4.69, 9.17) is 10.2 Å². The molecule has 0 aliphatic rings. The Morgan fingerprint density at radius 1 is 1.05 bits per heavy atom. The maximum atomic E-state index is 11.8. The molecule has 20 heavy (non-hydrogen) atoms. The van der Waals surface area contributed by atoms with Crippen LogP contribution < -0.4 is 5.32 Å². The van der Waals surface area contributed by atoms with Crippen molar-refractivity contribution in [3.8, 4) is 5.75 Å². The van der Waals surface area contributed by atoms with Gasteiger partial charge in [-0.1, -0.05) is 0 Å². The monoisotopic (exact) mass is 279 g/mol. The fourth-order valence-electron chi connectivity index (χ4n) is 1.35. The van der Waals surface area contributed by atoms with E-state index < -0.39 is 23.6 Å². The van der Waals surface area contributed by atoms with Crippen molar-refractivity contribution in [2.75, 3.05) is 5.32 Å². The molecular weight excluding hydrogens is 266 g/mol. The Bertz CT molecular complexity index is 617. The Hall–Kier alpha value is -2.83. The zero-order valence-corrected chi connectivity index (χ0v) is 10.8. The van der Waals surface area contributed by atoms with Gasteiger partial charge in [0, 0.05) is 22.9 Å². The summed E-state index contributed by atoms with van der Waals surface area (Å²) >= 11 is 0. The summed E-state index contributed by atoms with van der Waals surface area (Å²) in [5.41, 5.74) is -0.222. The van der Waals surface area contributed by atoms with Gasteiger partial charge in [0.25, 0.3) is 5.91 Å². The van der Waals surface area contributed by atoms with Crippen LogP contribution in [0, 0.1) is 0 Å². The van der Waals surface area contributed by atoms with E-state index >= 15 is 0 Å². The second-order valence-electron chi connectivity index (χ2n) is 4.05. The van der Waals surface area contributed by atoms with Gasteiger partial charge in [-0.25, -0.2) is 9.59 Å². The van der Waals surface area contributed by atoms with Crippen LogP contribution in [0.3, 0.4) is 0 Å². The Kier molecular flexibility index (Phi) is 4.47. The summed E-state index contributed by atoms with van der Waals surface area (Å²) in [7, 11) is 0. The lowest BCUT2D eigenvalue weighted by Crippen LogP contribution is -2.16. The lowest BCUT2D eigenvalue weighted by atomic mass is 10.1. The predicted octanol–water partition coefficient (Wildman–Crippen LogP) is 1.45. The maximum absolute atomic E-state index is 11.8. The Labute approximate surface area is 114 Å². The number of hydrogen-bond donors (Lipinski definition) is 4. The number of carboxylic acids is 2. The van der Waals surface area contributed by atoms with E-state index in [1.165, 1.54) is 19.9 Å². The number of amides is 1. The molecule has 0 spiro atoms. The molecule has 0 unspecified atom stereocenters. The van der Waals surface area contributed by atoms with Gasteiger partial charge in [-0.15, -0.1) is 0 Å². The highest BCUT2D eigenvalue weighted by molar-refractivity contribution is 6.08. The number of benzene rings is 1. The topological polar surface area (TPSA) is 124 Å². The first-order valence-corrected chi connectivity index (χ1v) is 5.52. The molecule has 0 fully saturated rings. The van der Waals surface area contributed by atoms with Crippen molar-refractivity contribution in [2.45, 2.75) is 13.8 Å². The molecule has 7 nitrogen and oxygen atoms in total. The number of nitrogens with one attached hydrogen (secondary N) is 1. The van der Waals surface area contributed by atoms with Crippen molar-refractivity contribution < 1.29 is 29.7 Å². The number of carbonyl (C=O) groups is 3. The number of phenols is 1. The molecule has 1 amide bonds. The smallest absolute Gasteiger partial charge is 0.339 e. The van der Waals surface area contributed by atoms with E-state index in [2.05, 4.69) is 5.32 Å². The molecule has 4 N–H and O–H groups in total. The fourth-order valence-corrected chi connectivity index (χ4v) is 1.35. The van der Waals surface area contributed by atoms with E-state index in [1.54, 1.807) is 0 Å². The third-order valence-electron chi connectivity index (χ3n) is 2.71. The quantitative estimate of drug-likeness (QED) is 0.618. The molecule has 0 aromatic heterocycles. The summed E-state index contributed by atoms with van der Waals surface area (Å²) in [5.74, 6) is -3.64. The molecule has 0 radical (unpaired) electrons. The largest absolute Gasteiger partial charge is 0.507 e. The molecule has 0 aliphatic carbocycles. The van der Waals surface area contributed by atoms with Crippen LogP contribution in [0.1, 0.15) is 24.2 Å². The molecule has 1 rings (SSSR count). The minimum Gasteiger partial charge on any atom is -0.507 e. The van der Waals surface area contributed by atoms with Gasteiger partial charge in [0.1, 0.15) is 11.3 Å². The SMILES string of the molecule is C/C(C(=O)O)=C(\C)C(=O)Nc1ccc(C(=O)O)c(O)c1. The lowest BCUT2D eigenvalue weighted by Gasteiger charge is -2.08. The standard InChI is InChI=1S/C13H13NO6/c1-6(7(2)12(17)18)11(16)14-8-3-4-9(13(19)20)10(15)5-8/h3-5,15H,1-2H3,(H,14,16)(H,17,18)(H,19,20)/b7-6-. The number of aromatic hydroxyl groups is 1. The van der Waals surface area contributed by atoms with Crippen molar-refractivity contribution in [1.29, 1.82) is 0 Å². The van der Waals surface area contributed by atoms with Crippen molar-refractivity contribution in [2.24, 2.45) is 0 Å². The average molecular weight is 279 g/mol. The Morgan fingerprint density at radius 3 is 2.10 bits per heavy atom. The second kappa shape index (κ2) is 5.87.